The first-order valence-electron chi connectivity index (χ1n) is 7.84. The van der Waals surface area contributed by atoms with Gasteiger partial charge < -0.3 is 5.32 Å². The fourth-order valence-electron chi connectivity index (χ4n) is 2.56. The average molecular weight is 317 g/mol. The van der Waals surface area contributed by atoms with Gasteiger partial charge in [-0.2, -0.15) is 0 Å². The second-order valence-corrected chi connectivity index (χ2v) is 5.79. The molecule has 0 bridgehead atoms. The predicted octanol–water partition coefficient (Wildman–Crippen LogP) is 3.69. The minimum Gasteiger partial charge on any atom is -0.348 e. The maximum Gasteiger partial charge on any atom is 0.251 e. The summed E-state index contributed by atoms with van der Waals surface area (Å²) >= 11 is 0. The van der Waals surface area contributed by atoms with Gasteiger partial charge in [0.25, 0.3) is 5.91 Å². The van der Waals surface area contributed by atoms with E-state index in [1.807, 2.05) is 56.3 Å². The molecular weight excluding hydrogens is 298 g/mol. The van der Waals surface area contributed by atoms with E-state index in [1.165, 1.54) is 0 Å². The van der Waals surface area contributed by atoms with Crippen LogP contribution in [0.3, 0.4) is 0 Å². The summed E-state index contributed by atoms with van der Waals surface area (Å²) in [6, 6.07) is 13.6. The molecule has 2 aromatic heterocycles. The van der Waals surface area contributed by atoms with Gasteiger partial charge in [0.1, 0.15) is 0 Å². The number of nitrogens with zero attached hydrogens (tertiary/aromatic N) is 2. The van der Waals surface area contributed by atoms with Gasteiger partial charge >= 0.3 is 0 Å². The minimum atomic E-state index is -0.0659. The quantitative estimate of drug-likeness (QED) is 0.798. The molecule has 0 fully saturated rings. The molecule has 0 saturated heterocycles. The maximum atomic E-state index is 12.3. The van der Waals surface area contributed by atoms with Gasteiger partial charge in [0.15, 0.2) is 0 Å². The molecule has 2 heterocycles. The van der Waals surface area contributed by atoms with Crippen molar-refractivity contribution in [1.82, 2.24) is 15.3 Å². The highest BCUT2D eigenvalue weighted by Crippen LogP contribution is 2.15. The Morgan fingerprint density at radius 1 is 1.08 bits per heavy atom. The van der Waals surface area contributed by atoms with Crippen molar-refractivity contribution in [2.45, 2.75) is 20.4 Å². The van der Waals surface area contributed by atoms with Crippen LogP contribution in [-0.2, 0) is 6.54 Å². The lowest BCUT2D eigenvalue weighted by atomic mass is 10.1. The van der Waals surface area contributed by atoms with Gasteiger partial charge in [0, 0.05) is 36.3 Å². The van der Waals surface area contributed by atoms with Crippen LogP contribution in [0.5, 0.6) is 0 Å². The van der Waals surface area contributed by atoms with Gasteiger partial charge in [-0.3, -0.25) is 14.8 Å². The Morgan fingerprint density at radius 3 is 2.62 bits per heavy atom. The van der Waals surface area contributed by atoms with Crippen LogP contribution in [0.25, 0.3) is 11.3 Å². The number of hydrogen-bond acceptors (Lipinski definition) is 3. The Kier molecular flexibility index (Phi) is 4.66. The Bertz CT molecular complexity index is 843. The highest BCUT2D eigenvalue weighted by Gasteiger charge is 2.08. The van der Waals surface area contributed by atoms with Crippen molar-refractivity contribution in [3.05, 3.63) is 83.3 Å². The van der Waals surface area contributed by atoms with E-state index in [4.69, 9.17) is 0 Å². The number of carbonyl (C=O) groups excluding carboxylic acids is 1. The summed E-state index contributed by atoms with van der Waals surface area (Å²) in [5.74, 6) is -0.0659. The zero-order valence-electron chi connectivity index (χ0n) is 13.8. The number of rotatable bonds is 4. The summed E-state index contributed by atoms with van der Waals surface area (Å²) in [5.41, 5.74) is 5.65. The van der Waals surface area contributed by atoms with E-state index in [0.717, 1.165) is 27.9 Å². The van der Waals surface area contributed by atoms with E-state index in [9.17, 15) is 4.79 Å². The molecule has 3 aromatic rings. The van der Waals surface area contributed by atoms with Gasteiger partial charge in [0.05, 0.1) is 5.69 Å². The third-order valence-electron chi connectivity index (χ3n) is 3.86. The summed E-state index contributed by atoms with van der Waals surface area (Å²) in [4.78, 5) is 20.8. The first kappa shape index (κ1) is 15.9. The molecule has 0 unspecified atom stereocenters. The molecule has 0 spiro atoms. The first-order chi connectivity index (χ1) is 11.6. The SMILES string of the molecule is Cc1ccc(C(=O)NCc2ccc(-c3cccnc3)nc2)c(C)c1. The van der Waals surface area contributed by atoms with Crippen LogP contribution >= 0.6 is 0 Å². The summed E-state index contributed by atoms with van der Waals surface area (Å²) < 4.78 is 0. The Balaban J connectivity index is 1.65. The maximum absolute atomic E-state index is 12.3. The monoisotopic (exact) mass is 317 g/mol. The zero-order valence-corrected chi connectivity index (χ0v) is 13.8. The van der Waals surface area contributed by atoms with Crippen LogP contribution in [0.2, 0.25) is 0 Å². The van der Waals surface area contributed by atoms with Gasteiger partial charge in [-0.25, -0.2) is 0 Å². The molecule has 0 aliphatic carbocycles. The highest BCUT2D eigenvalue weighted by molar-refractivity contribution is 5.95. The number of aromatic nitrogens is 2. The van der Waals surface area contributed by atoms with Crippen molar-refractivity contribution >= 4 is 5.91 Å². The van der Waals surface area contributed by atoms with E-state index in [2.05, 4.69) is 15.3 Å². The molecule has 0 saturated carbocycles. The number of amides is 1. The number of aryl methyl sites for hydroxylation is 2. The van der Waals surface area contributed by atoms with Gasteiger partial charge in [-0.1, -0.05) is 23.8 Å². The van der Waals surface area contributed by atoms with Crippen LogP contribution in [0, 0.1) is 13.8 Å². The lowest BCUT2D eigenvalue weighted by Crippen LogP contribution is -2.23. The van der Waals surface area contributed by atoms with E-state index >= 15 is 0 Å². The number of pyridine rings is 2. The number of benzene rings is 1. The van der Waals surface area contributed by atoms with Crippen LogP contribution < -0.4 is 5.32 Å². The third-order valence-corrected chi connectivity index (χ3v) is 3.86. The lowest BCUT2D eigenvalue weighted by Gasteiger charge is -2.09. The van der Waals surface area contributed by atoms with Gasteiger partial charge in [-0.15, -0.1) is 0 Å². The van der Waals surface area contributed by atoms with E-state index in [1.54, 1.807) is 18.6 Å². The smallest absolute Gasteiger partial charge is 0.251 e. The second kappa shape index (κ2) is 7.04. The minimum absolute atomic E-state index is 0.0659. The molecule has 0 atom stereocenters. The van der Waals surface area contributed by atoms with Crippen molar-refractivity contribution in [2.24, 2.45) is 0 Å². The van der Waals surface area contributed by atoms with Crippen LogP contribution in [0.1, 0.15) is 27.0 Å². The van der Waals surface area contributed by atoms with Crippen molar-refractivity contribution in [2.75, 3.05) is 0 Å². The molecule has 120 valence electrons. The van der Waals surface area contributed by atoms with Crippen molar-refractivity contribution in [1.29, 1.82) is 0 Å². The number of hydrogen-bond donors (Lipinski definition) is 1. The lowest BCUT2D eigenvalue weighted by molar-refractivity contribution is 0.0950. The molecule has 1 N–H and O–H groups in total. The summed E-state index contributed by atoms with van der Waals surface area (Å²) in [6.45, 7) is 4.42. The molecule has 4 heteroatoms. The molecular formula is C20H19N3O. The molecule has 0 radical (unpaired) electrons. The Labute approximate surface area is 141 Å². The fraction of sp³-hybridized carbons (Fsp3) is 0.150. The predicted molar refractivity (Wildman–Crippen MR) is 94.6 cm³/mol. The Hall–Kier alpha value is -3.01. The molecule has 0 aliphatic rings. The largest absolute Gasteiger partial charge is 0.348 e. The van der Waals surface area contributed by atoms with Crippen molar-refractivity contribution < 1.29 is 4.79 Å². The van der Waals surface area contributed by atoms with Crippen LogP contribution in [0.15, 0.2) is 61.1 Å². The Morgan fingerprint density at radius 2 is 1.96 bits per heavy atom. The number of carbonyl (C=O) groups is 1. The van der Waals surface area contributed by atoms with Crippen LogP contribution in [-0.4, -0.2) is 15.9 Å². The van der Waals surface area contributed by atoms with E-state index in [0.29, 0.717) is 12.1 Å². The summed E-state index contributed by atoms with van der Waals surface area (Å²) in [5, 5.41) is 2.94. The van der Waals surface area contributed by atoms with Crippen LogP contribution in [0.4, 0.5) is 0 Å². The molecule has 24 heavy (non-hydrogen) atoms. The summed E-state index contributed by atoms with van der Waals surface area (Å²) in [7, 11) is 0. The topological polar surface area (TPSA) is 54.9 Å². The standard InChI is InChI=1S/C20H19N3O/c1-14-5-7-18(15(2)10-14)20(24)23-12-16-6-8-19(22-11-16)17-4-3-9-21-13-17/h3-11,13H,12H2,1-2H3,(H,23,24). The highest BCUT2D eigenvalue weighted by atomic mass is 16.1. The van der Waals surface area contributed by atoms with Crippen molar-refractivity contribution in [3.63, 3.8) is 0 Å². The molecule has 1 amide bonds. The third kappa shape index (κ3) is 3.66. The van der Waals surface area contributed by atoms with E-state index < -0.39 is 0 Å². The van der Waals surface area contributed by atoms with E-state index in [-0.39, 0.29) is 5.91 Å². The first-order valence-corrected chi connectivity index (χ1v) is 7.84. The zero-order chi connectivity index (χ0) is 16.9. The fourth-order valence-corrected chi connectivity index (χ4v) is 2.56. The normalized spacial score (nSPS) is 10.4. The molecule has 1 aromatic carbocycles. The molecule has 0 aliphatic heterocycles. The number of nitrogens with one attached hydrogen (secondary N) is 1. The van der Waals surface area contributed by atoms with Crippen molar-refractivity contribution in [3.8, 4) is 11.3 Å². The second-order valence-electron chi connectivity index (χ2n) is 5.79. The summed E-state index contributed by atoms with van der Waals surface area (Å²) in [6.07, 6.45) is 5.30. The average Bonchev–Trinajstić information content (AvgIpc) is 2.61. The van der Waals surface area contributed by atoms with Gasteiger partial charge in [-0.05, 0) is 49.2 Å². The molecule has 3 rings (SSSR count). The van der Waals surface area contributed by atoms with Gasteiger partial charge in [0.2, 0.25) is 0 Å². The molecule has 4 nitrogen and oxygen atoms in total.